The minimum atomic E-state index is -0.0960. The second-order valence-corrected chi connectivity index (χ2v) is 7.91. The smallest absolute Gasteiger partial charge is 0.258 e. The van der Waals surface area contributed by atoms with Crippen LogP contribution in [0.15, 0.2) is 42.5 Å². The molecule has 1 fully saturated rings. The van der Waals surface area contributed by atoms with Crippen molar-refractivity contribution in [2.45, 2.75) is 38.8 Å². The number of rotatable bonds is 7. The lowest BCUT2D eigenvalue weighted by Crippen LogP contribution is -2.35. The number of benzene rings is 2. The predicted octanol–water partition coefficient (Wildman–Crippen LogP) is 3.09. The van der Waals surface area contributed by atoms with Gasteiger partial charge in [0, 0.05) is 26.2 Å². The zero-order chi connectivity index (χ0) is 19.9. The van der Waals surface area contributed by atoms with Crippen LogP contribution in [0.5, 0.6) is 5.75 Å². The summed E-state index contributed by atoms with van der Waals surface area (Å²) in [6.07, 6.45) is 4.77. The standard InChI is InChI=1S/C24H30N2O3/c27-24(18-29-23-9-8-21-6-1-2-7-22(21)15-23)25-16-19-4-3-5-20(14-19)17-26-10-12-28-13-11-26/h3-5,8-9,14-15H,1-2,6-7,10-13,16-18H2,(H,25,27). The van der Waals surface area contributed by atoms with Crippen molar-refractivity contribution in [3.8, 4) is 5.75 Å². The van der Waals surface area contributed by atoms with E-state index in [1.54, 1.807) is 0 Å². The molecule has 1 aliphatic carbocycles. The molecule has 29 heavy (non-hydrogen) atoms. The van der Waals surface area contributed by atoms with Crippen molar-refractivity contribution in [1.82, 2.24) is 10.2 Å². The van der Waals surface area contributed by atoms with Gasteiger partial charge in [-0.3, -0.25) is 9.69 Å². The van der Waals surface area contributed by atoms with Crippen molar-refractivity contribution >= 4 is 5.91 Å². The summed E-state index contributed by atoms with van der Waals surface area (Å²) in [4.78, 5) is 14.6. The van der Waals surface area contributed by atoms with Crippen LogP contribution in [0.2, 0.25) is 0 Å². The molecule has 2 aromatic rings. The Bertz CT molecular complexity index is 831. The van der Waals surface area contributed by atoms with Gasteiger partial charge in [-0.05, 0) is 60.1 Å². The Morgan fingerprint density at radius 3 is 2.66 bits per heavy atom. The zero-order valence-electron chi connectivity index (χ0n) is 17.0. The topological polar surface area (TPSA) is 50.8 Å². The molecule has 0 spiro atoms. The Morgan fingerprint density at radius 1 is 1.00 bits per heavy atom. The van der Waals surface area contributed by atoms with E-state index in [0.717, 1.165) is 57.0 Å². The number of amides is 1. The molecule has 154 valence electrons. The molecule has 1 saturated heterocycles. The molecule has 0 atom stereocenters. The largest absolute Gasteiger partial charge is 0.484 e. The number of nitrogens with one attached hydrogen (secondary N) is 1. The second kappa shape index (κ2) is 9.90. The molecule has 5 heteroatoms. The lowest BCUT2D eigenvalue weighted by Gasteiger charge is -2.26. The average Bonchev–Trinajstić information content (AvgIpc) is 2.77. The molecule has 5 nitrogen and oxygen atoms in total. The third-order valence-electron chi connectivity index (χ3n) is 5.68. The average molecular weight is 395 g/mol. The summed E-state index contributed by atoms with van der Waals surface area (Å²) < 4.78 is 11.1. The molecular formula is C24H30N2O3. The molecule has 0 saturated carbocycles. The Labute approximate surface area is 173 Å². The highest BCUT2D eigenvalue weighted by molar-refractivity contribution is 5.77. The third kappa shape index (κ3) is 5.81. The number of aryl methyl sites for hydroxylation is 2. The van der Waals surface area contributed by atoms with Crippen LogP contribution in [-0.4, -0.2) is 43.7 Å². The van der Waals surface area contributed by atoms with Crippen molar-refractivity contribution in [2.75, 3.05) is 32.9 Å². The van der Waals surface area contributed by atoms with E-state index in [1.807, 2.05) is 12.1 Å². The van der Waals surface area contributed by atoms with Crippen molar-refractivity contribution in [2.24, 2.45) is 0 Å². The number of hydrogen-bond donors (Lipinski definition) is 1. The van der Waals surface area contributed by atoms with Gasteiger partial charge in [0.05, 0.1) is 13.2 Å². The Kier molecular flexibility index (Phi) is 6.80. The van der Waals surface area contributed by atoms with Crippen LogP contribution in [0.3, 0.4) is 0 Å². The van der Waals surface area contributed by atoms with Crippen LogP contribution in [0.4, 0.5) is 0 Å². The zero-order valence-corrected chi connectivity index (χ0v) is 17.0. The van der Waals surface area contributed by atoms with Gasteiger partial charge < -0.3 is 14.8 Å². The fourth-order valence-corrected chi connectivity index (χ4v) is 4.06. The van der Waals surface area contributed by atoms with Gasteiger partial charge >= 0.3 is 0 Å². The first-order valence-corrected chi connectivity index (χ1v) is 10.7. The highest BCUT2D eigenvalue weighted by atomic mass is 16.5. The summed E-state index contributed by atoms with van der Waals surface area (Å²) in [5.74, 6) is 0.689. The maximum atomic E-state index is 12.2. The molecule has 1 aliphatic heterocycles. The van der Waals surface area contributed by atoms with Gasteiger partial charge in [0.15, 0.2) is 6.61 Å². The first-order valence-electron chi connectivity index (χ1n) is 10.7. The van der Waals surface area contributed by atoms with Gasteiger partial charge in [-0.1, -0.05) is 30.3 Å². The lowest BCUT2D eigenvalue weighted by atomic mass is 9.92. The van der Waals surface area contributed by atoms with Gasteiger partial charge in [-0.15, -0.1) is 0 Å². The van der Waals surface area contributed by atoms with Crippen molar-refractivity contribution in [3.05, 3.63) is 64.7 Å². The first kappa shape index (κ1) is 19.9. The first-order chi connectivity index (χ1) is 14.3. The number of nitrogens with zero attached hydrogens (tertiary/aromatic N) is 1. The van der Waals surface area contributed by atoms with Gasteiger partial charge in [-0.2, -0.15) is 0 Å². The number of carbonyl (C=O) groups excluding carboxylic acids is 1. The molecule has 1 N–H and O–H groups in total. The quantitative estimate of drug-likeness (QED) is 0.784. The SMILES string of the molecule is O=C(COc1ccc2c(c1)CCCC2)NCc1cccc(CN2CCOCC2)c1. The predicted molar refractivity (Wildman–Crippen MR) is 113 cm³/mol. The second-order valence-electron chi connectivity index (χ2n) is 7.91. The minimum Gasteiger partial charge on any atom is -0.484 e. The van der Waals surface area contributed by atoms with Crippen LogP contribution in [-0.2, 0) is 35.5 Å². The summed E-state index contributed by atoms with van der Waals surface area (Å²) in [6.45, 7) is 5.05. The highest BCUT2D eigenvalue weighted by Gasteiger charge is 2.12. The van der Waals surface area contributed by atoms with Gasteiger partial charge in [0.2, 0.25) is 0 Å². The summed E-state index contributed by atoms with van der Waals surface area (Å²) in [5, 5.41) is 2.96. The van der Waals surface area contributed by atoms with E-state index in [4.69, 9.17) is 9.47 Å². The van der Waals surface area contributed by atoms with E-state index in [0.29, 0.717) is 6.54 Å². The van der Waals surface area contributed by atoms with Crippen molar-refractivity contribution < 1.29 is 14.3 Å². The van der Waals surface area contributed by atoms with E-state index in [2.05, 4.69) is 40.5 Å². The Hall–Kier alpha value is -2.37. The van der Waals surface area contributed by atoms with Crippen LogP contribution >= 0.6 is 0 Å². The maximum absolute atomic E-state index is 12.2. The van der Waals surface area contributed by atoms with E-state index >= 15 is 0 Å². The molecule has 1 amide bonds. The molecule has 2 aromatic carbocycles. The van der Waals surface area contributed by atoms with Gasteiger partial charge in [-0.25, -0.2) is 0 Å². The lowest BCUT2D eigenvalue weighted by molar-refractivity contribution is -0.123. The van der Waals surface area contributed by atoms with Gasteiger partial charge in [0.1, 0.15) is 5.75 Å². The Balaban J connectivity index is 1.23. The molecule has 0 radical (unpaired) electrons. The van der Waals surface area contributed by atoms with Crippen molar-refractivity contribution in [3.63, 3.8) is 0 Å². The fourth-order valence-electron chi connectivity index (χ4n) is 4.06. The summed E-state index contributed by atoms with van der Waals surface area (Å²) in [6, 6.07) is 14.6. The number of morpholine rings is 1. The Morgan fingerprint density at radius 2 is 1.79 bits per heavy atom. The van der Waals surface area contributed by atoms with Crippen LogP contribution in [0, 0.1) is 0 Å². The molecule has 0 aromatic heterocycles. The van der Waals surface area contributed by atoms with E-state index < -0.39 is 0 Å². The fraction of sp³-hybridized carbons (Fsp3) is 0.458. The minimum absolute atomic E-state index is 0.0479. The normalized spacial score (nSPS) is 16.8. The molecule has 1 heterocycles. The van der Waals surface area contributed by atoms with Crippen LogP contribution in [0.25, 0.3) is 0 Å². The van der Waals surface area contributed by atoms with E-state index in [9.17, 15) is 4.79 Å². The van der Waals surface area contributed by atoms with Crippen LogP contribution < -0.4 is 10.1 Å². The number of fused-ring (bicyclic) bond motifs is 1. The summed E-state index contributed by atoms with van der Waals surface area (Å²) >= 11 is 0. The van der Waals surface area contributed by atoms with Crippen molar-refractivity contribution in [1.29, 1.82) is 0 Å². The summed E-state index contributed by atoms with van der Waals surface area (Å²) in [5.41, 5.74) is 5.16. The molecule has 0 unspecified atom stereocenters. The van der Waals surface area contributed by atoms with Crippen LogP contribution in [0.1, 0.15) is 35.1 Å². The highest BCUT2D eigenvalue weighted by Crippen LogP contribution is 2.25. The van der Waals surface area contributed by atoms with Gasteiger partial charge in [0.25, 0.3) is 5.91 Å². The number of carbonyl (C=O) groups is 1. The molecule has 0 bridgehead atoms. The molecule has 2 aliphatic rings. The molecule has 4 rings (SSSR count). The monoisotopic (exact) mass is 394 g/mol. The number of hydrogen-bond acceptors (Lipinski definition) is 4. The summed E-state index contributed by atoms with van der Waals surface area (Å²) in [7, 11) is 0. The third-order valence-corrected chi connectivity index (χ3v) is 5.68. The van der Waals surface area contributed by atoms with E-state index in [1.165, 1.54) is 29.5 Å². The maximum Gasteiger partial charge on any atom is 0.258 e. The van der Waals surface area contributed by atoms with E-state index in [-0.39, 0.29) is 12.5 Å². The molecular weight excluding hydrogens is 364 g/mol. The number of ether oxygens (including phenoxy) is 2.